The molecule has 0 aliphatic rings. The zero-order valence-corrected chi connectivity index (χ0v) is 8.31. The van der Waals surface area contributed by atoms with Crippen LogP contribution in [0.2, 0.25) is 0 Å². The Bertz CT molecular complexity index is 295. The summed E-state index contributed by atoms with van der Waals surface area (Å²) in [6.45, 7) is 1.49. The molecule has 1 aromatic heterocycles. The summed E-state index contributed by atoms with van der Waals surface area (Å²) < 4.78 is 37.6. The van der Waals surface area contributed by atoms with Gasteiger partial charge in [0.05, 0.1) is 24.3 Å². The van der Waals surface area contributed by atoms with Crippen LogP contribution >= 0.6 is 11.6 Å². The van der Waals surface area contributed by atoms with E-state index in [1.165, 1.54) is 24.0 Å². The lowest BCUT2D eigenvalue weighted by Gasteiger charge is -2.17. The number of rotatable bonds is 3. The van der Waals surface area contributed by atoms with E-state index in [4.69, 9.17) is 11.6 Å². The third kappa shape index (κ3) is 2.90. The maximum absolute atomic E-state index is 12.1. The lowest BCUT2D eigenvalue weighted by Crippen LogP contribution is -2.17. The Hall–Kier alpha value is -0.710. The molecule has 0 radical (unpaired) electrons. The van der Waals surface area contributed by atoms with Crippen molar-refractivity contribution >= 4 is 11.6 Å². The van der Waals surface area contributed by atoms with Crippen molar-refractivity contribution in [3.05, 3.63) is 18.2 Å². The second-order valence-corrected chi connectivity index (χ2v) is 3.36. The maximum atomic E-state index is 12.1. The molecule has 0 bridgehead atoms. The lowest BCUT2D eigenvalue weighted by molar-refractivity contribution is -0.141. The van der Waals surface area contributed by atoms with E-state index >= 15 is 0 Å². The van der Waals surface area contributed by atoms with Crippen LogP contribution in [0.25, 0.3) is 0 Å². The van der Waals surface area contributed by atoms with Crippen molar-refractivity contribution in [1.29, 1.82) is 0 Å². The Morgan fingerprint density at radius 1 is 1.57 bits per heavy atom. The largest absolute Gasteiger partial charge is 0.391 e. The van der Waals surface area contributed by atoms with Gasteiger partial charge in [-0.05, 0) is 6.92 Å². The van der Waals surface area contributed by atoms with Crippen LogP contribution in [0.5, 0.6) is 0 Å². The molecular formula is C8H10ClF3N2. The molecule has 0 saturated carbocycles. The highest BCUT2D eigenvalue weighted by atomic mass is 35.5. The third-order valence-corrected chi connectivity index (χ3v) is 2.16. The molecule has 0 spiro atoms. The van der Waals surface area contributed by atoms with Gasteiger partial charge >= 0.3 is 6.18 Å². The summed E-state index contributed by atoms with van der Waals surface area (Å²) in [5, 5.41) is 0. The first kappa shape index (κ1) is 11.4. The topological polar surface area (TPSA) is 17.8 Å². The van der Waals surface area contributed by atoms with Gasteiger partial charge in [0.2, 0.25) is 0 Å². The van der Waals surface area contributed by atoms with Crippen LogP contribution < -0.4 is 0 Å². The quantitative estimate of drug-likeness (QED) is 0.724. The molecular weight excluding hydrogens is 217 g/mol. The first-order valence-electron chi connectivity index (χ1n) is 4.07. The van der Waals surface area contributed by atoms with Gasteiger partial charge in [-0.3, -0.25) is 0 Å². The minimum atomic E-state index is -4.16. The molecule has 14 heavy (non-hydrogen) atoms. The second-order valence-electron chi connectivity index (χ2n) is 3.09. The summed E-state index contributed by atoms with van der Waals surface area (Å²) in [5.74, 6) is 0.169. The highest BCUT2D eigenvalue weighted by Crippen LogP contribution is 2.28. The van der Waals surface area contributed by atoms with Crippen molar-refractivity contribution in [2.45, 2.75) is 31.4 Å². The van der Waals surface area contributed by atoms with Gasteiger partial charge in [-0.1, -0.05) is 0 Å². The first-order valence-corrected chi connectivity index (χ1v) is 4.61. The SMILES string of the molecule is CC(CC(F)(F)F)n1cncc1CCl. The van der Waals surface area contributed by atoms with E-state index in [1.807, 2.05) is 0 Å². The van der Waals surface area contributed by atoms with Crippen LogP contribution in [-0.4, -0.2) is 15.7 Å². The molecule has 0 fully saturated rings. The molecule has 1 heterocycles. The van der Waals surface area contributed by atoms with Gasteiger partial charge in [-0.25, -0.2) is 4.98 Å². The van der Waals surface area contributed by atoms with E-state index in [2.05, 4.69) is 4.98 Å². The zero-order chi connectivity index (χ0) is 10.8. The number of hydrogen-bond donors (Lipinski definition) is 0. The Kier molecular flexibility index (Phi) is 3.42. The third-order valence-electron chi connectivity index (χ3n) is 1.88. The summed E-state index contributed by atoms with van der Waals surface area (Å²) in [6.07, 6.45) is -2.19. The Morgan fingerprint density at radius 3 is 2.71 bits per heavy atom. The fraction of sp³-hybridized carbons (Fsp3) is 0.625. The van der Waals surface area contributed by atoms with E-state index in [9.17, 15) is 13.2 Å². The average molecular weight is 227 g/mol. The van der Waals surface area contributed by atoms with Crippen molar-refractivity contribution in [3.8, 4) is 0 Å². The van der Waals surface area contributed by atoms with E-state index in [-0.39, 0.29) is 5.88 Å². The van der Waals surface area contributed by atoms with Gasteiger partial charge in [0.1, 0.15) is 0 Å². The highest BCUT2D eigenvalue weighted by Gasteiger charge is 2.31. The molecule has 1 atom stereocenters. The number of imidazole rings is 1. The Labute approximate surface area is 84.7 Å². The van der Waals surface area contributed by atoms with Crippen molar-refractivity contribution < 1.29 is 13.2 Å². The number of alkyl halides is 4. The van der Waals surface area contributed by atoms with E-state index in [1.54, 1.807) is 0 Å². The second kappa shape index (κ2) is 4.21. The van der Waals surface area contributed by atoms with Gasteiger partial charge < -0.3 is 4.57 Å². The average Bonchev–Trinajstić information content (AvgIpc) is 2.47. The molecule has 1 rings (SSSR count). The van der Waals surface area contributed by atoms with Gasteiger partial charge in [-0.15, -0.1) is 11.6 Å². The van der Waals surface area contributed by atoms with E-state index in [0.29, 0.717) is 5.69 Å². The predicted octanol–water partition coefficient (Wildman–Crippen LogP) is 3.14. The summed E-state index contributed by atoms with van der Waals surface area (Å²) in [4.78, 5) is 3.76. The summed E-state index contributed by atoms with van der Waals surface area (Å²) >= 11 is 5.55. The molecule has 80 valence electrons. The smallest absolute Gasteiger partial charge is 0.330 e. The Morgan fingerprint density at radius 2 is 2.21 bits per heavy atom. The van der Waals surface area contributed by atoms with Gasteiger partial charge in [0.15, 0.2) is 0 Å². The molecule has 0 aromatic carbocycles. The van der Waals surface area contributed by atoms with Gasteiger partial charge in [-0.2, -0.15) is 13.2 Å². The number of nitrogens with zero attached hydrogens (tertiary/aromatic N) is 2. The fourth-order valence-electron chi connectivity index (χ4n) is 1.27. The van der Waals surface area contributed by atoms with Crippen LogP contribution in [0.1, 0.15) is 25.1 Å². The lowest BCUT2D eigenvalue weighted by atomic mass is 10.2. The normalized spacial score (nSPS) is 14.4. The predicted molar refractivity (Wildman–Crippen MR) is 47.2 cm³/mol. The summed E-state index contributed by atoms with van der Waals surface area (Å²) in [6, 6.07) is -0.661. The van der Waals surface area contributed by atoms with Crippen LogP contribution in [0.4, 0.5) is 13.2 Å². The van der Waals surface area contributed by atoms with Crippen LogP contribution in [-0.2, 0) is 5.88 Å². The Balaban J connectivity index is 2.74. The zero-order valence-electron chi connectivity index (χ0n) is 7.55. The first-order chi connectivity index (χ1) is 6.44. The highest BCUT2D eigenvalue weighted by molar-refractivity contribution is 6.16. The molecule has 0 N–H and O–H groups in total. The molecule has 6 heteroatoms. The van der Waals surface area contributed by atoms with Gasteiger partial charge in [0.25, 0.3) is 0 Å². The van der Waals surface area contributed by atoms with E-state index in [0.717, 1.165) is 0 Å². The number of halogens is 4. The summed E-state index contributed by atoms with van der Waals surface area (Å²) in [5.41, 5.74) is 0.600. The van der Waals surface area contributed by atoms with Crippen LogP contribution in [0, 0.1) is 0 Å². The molecule has 1 aromatic rings. The fourth-order valence-corrected chi connectivity index (χ4v) is 1.47. The van der Waals surface area contributed by atoms with Crippen molar-refractivity contribution in [3.63, 3.8) is 0 Å². The molecule has 0 amide bonds. The van der Waals surface area contributed by atoms with Crippen molar-refractivity contribution in [2.75, 3.05) is 0 Å². The molecule has 0 aliphatic heterocycles. The molecule has 0 saturated heterocycles. The van der Waals surface area contributed by atoms with Crippen LogP contribution in [0.3, 0.4) is 0 Å². The minimum Gasteiger partial charge on any atom is -0.330 e. The molecule has 1 unspecified atom stereocenters. The minimum absolute atomic E-state index is 0.169. The maximum Gasteiger partial charge on any atom is 0.391 e. The van der Waals surface area contributed by atoms with Crippen molar-refractivity contribution in [2.24, 2.45) is 0 Å². The van der Waals surface area contributed by atoms with E-state index < -0.39 is 18.6 Å². The van der Waals surface area contributed by atoms with Crippen molar-refractivity contribution in [1.82, 2.24) is 9.55 Å². The van der Waals surface area contributed by atoms with Gasteiger partial charge in [0, 0.05) is 12.2 Å². The van der Waals surface area contributed by atoms with Crippen LogP contribution in [0.15, 0.2) is 12.5 Å². The molecule has 0 aliphatic carbocycles. The number of aromatic nitrogens is 2. The monoisotopic (exact) mass is 226 g/mol. The summed E-state index contributed by atoms with van der Waals surface area (Å²) in [7, 11) is 0. The number of hydrogen-bond acceptors (Lipinski definition) is 1. The molecule has 2 nitrogen and oxygen atoms in total. The standard InChI is InChI=1S/C8H10ClF3N2/c1-6(2-8(10,11)12)14-5-13-4-7(14)3-9/h4-6H,2-3H2,1H3.